The van der Waals surface area contributed by atoms with Gasteiger partial charge < -0.3 is 9.32 Å². The smallest absolute Gasteiger partial charge is 0.261 e. The van der Waals surface area contributed by atoms with Crippen LogP contribution in [0.4, 0.5) is 0 Å². The van der Waals surface area contributed by atoms with E-state index in [0.717, 1.165) is 10.6 Å². The average Bonchev–Trinajstić information content (AvgIpc) is 3.41. The normalized spacial score (nSPS) is 11.0. The molecule has 28 heavy (non-hydrogen) atoms. The third-order valence-electron chi connectivity index (χ3n) is 4.50. The Kier molecular flexibility index (Phi) is 5.34. The molecule has 3 aromatic heterocycles. The Bertz CT molecular complexity index is 1080. The molecule has 0 unspecified atom stereocenters. The van der Waals surface area contributed by atoms with Gasteiger partial charge in [0.25, 0.3) is 5.56 Å². The fourth-order valence-corrected chi connectivity index (χ4v) is 3.77. The molecule has 3 heterocycles. The van der Waals surface area contributed by atoms with E-state index >= 15 is 0 Å². The van der Waals surface area contributed by atoms with Crippen LogP contribution >= 0.6 is 11.3 Å². The molecule has 0 spiro atoms. The van der Waals surface area contributed by atoms with Gasteiger partial charge in [0.1, 0.15) is 5.76 Å². The third-order valence-corrected chi connectivity index (χ3v) is 5.37. The summed E-state index contributed by atoms with van der Waals surface area (Å²) in [4.78, 5) is 32.7. The maximum Gasteiger partial charge on any atom is 0.261 e. The van der Waals surface area contributed by atoms with E-state index in [1.165, 1.54) is 10.9 Å². The highest BCUT2D eigenvalue weighted by atomic mass is 32.1. The molecule has 1 amide bonds. The number of aromatic nitrogens is 2. The first-order valence-corrected chi connectivity index (χ1v) is 9.85. The number of carbonyl (C=O) groups is 1. The van der Waals surface area contributed by atoms with Crippen LogP contribution in [0.3, 0.4) is 0 Å². The maximum atomic E-state index is 12.9. The van der Waals surface area contributed by atoms with Gasteiger partial charge in [0, 0.05) is 17.8 Å². The second-order valence-electron chi connectivity index (χ2n) is 6.42. The number of carbonyl (C=O) groups excluding carboxylic acids is 1. The van der Waals surface area contributed by atoms with Gasteiger partial charge in [0.2, 0.25) is 5.91 Å². The monoisotopic (exact) mass is 393 g/mol. The van der Waals surface area contributed by atoms with Gasteiger partial charge in [-0.05, 0) is 35.7 Å². The highest BCUT2D eigenvalue weighted by Crippen LogP contribution is 2.16. The van der Waals surface area contributed by atoms with Gasteiger partial charge >= 0.3 is 0 Å². The van der Waals surface area contributed by atoms with E-state index in [-0.39, 0.29) is 24.4 Å². The van der Waals surface area contributed by atoms with Crippen molar-refractivity contribution in [3.05, 3.63) is 87.5 Å². The lowest BCUT2D eigenvalue weighted by atomic mass is 10.2. The largest absolute Gasteiger partial charge is 0.467 e. The zero-order valence-electron chi connectivity index (χ0n) is 15.2. The van der Waals surface area contributed by atoms with Crippen molar-refractivity contribution in [2.45, 2.75) is 26.1 Å². The van der Waals surface area contributed by atoms with Crippen LogP contribution in [0, 0.1) is 0 Å². The summed E-state index contributed by atoms with van der Waals surface area (Å²) in [6.45, 7) is 1.20. The van der Waals surface area contributed by atoms with Gasteiger partial charge in [-0.25, -0.2) is 4.98 Å². The topological polar surface area (TPSA) is 68.3 Å². The lowest BCUT2D eigenvalue weighted by molar-refractivity contribution is -0.132. The molecule has 4 aromatic rings. The molecule has 0 radical (unpaired) electrons. The van der Waals surface area contributed by atoms with E-state index in [0.29, 0.717) is 24.0 Å². The molecule has 4 rings (SSSR count). The SMILES string of the molecule is O=C(CCn1cnc2ccccc2c1=O)N(Cc1ccco1)Cc1cccs1. The molecule has 0 aliphatic carbocycles. The van der Waals surface area contributed by atoms with E-state index < -0.39 is 0 Å². The highest BCUT2D eigenvalue weighted by molar-refractivity contribution is 7.09. The van der Waals surface area contributed by atoms with Crippen LogP contribution in [0.25, 0.3) is 10.9 Å². The van der Waals surface area contributed by atoms with Crippen molar-refractivity contribution in [3.8, 4) is 0 Å². The van der Waals surface area contributed by atoms with Crippen LogP contribution in [0.5, 0.6) is 0 Å². The highest BCUT2D eigenvalue weighted by Gasteiger charge is 2.17. The van der Waals surface area contributed by atoms with Crippen molar-refractivity contribution >= 4 is 28.1 Å². The molecule has 0 atom stereocenters. The number of hydrogen-bond acceptors (Lipinski definition) is 5. The quantitative estimate of drug-likeness (QED) is 0.480. The molecule has 142 valence electrons. The molecule has 1 aromatic carbocycles. The molecule has 0 saturated heterocycles. The summed E-state index contributed by atoms with van der Waals surface area (Å²) in [6, 6.07) is 14.9. The lowest BCUT2D eigenvalue weighted by Crippen LogP contribution is -2.31. The van der Waals surface area contributed by atoms with Gasteiger partial charge in [-0.1, -0.05) is 18.2 Å². The van der Waals surface area contributed by atoms with Crippen molar-refractivity contribution in [3.63, 3.8) is 0 Å². The molecule has 0 fully saturated rings. The number of aryl methyl sites for hydroxylation is 1. The first-order chi connectivity index (χ1) is 13.7. The summed E-state index contributed by atoms with van der Waals surface area (Å²) >= 11 is 1.61. The molecule has 0 aliphatic heterocycles. The number of hydrogen-bond donors (Lipinski definition) is 0. The van der Waals surface area contributed by atoms with E-state index in [4.69, 9.17) is 4.42 Å². The van der Waals surface area contributed by atoms with Gasteiger partial charge in [-0.3, -0.25) is 14.2 Å². The standard InChI is InChI=1S/C21H19N3O3S/c25-20(9-10-23-15-22-19-8-2-1-7-18(19)21(23)26)24(13-16-5-3-11-27-16)14-17-6-4-12-28-17/h1-8,11-12,15H,9-10,13-14H2. The number of para-hydroxylation sites is 1. The third kappa shape index (κ3) is 4.04. The van der Waals surface area contributed by atoms with E-state index in [9.17, 15) is 9.59 Å². The lowest BCUT2D eigenvalue weighted by Gasteiger charge is -2.21. The van der Waals surface area contributed by atoms with Crippen molar-refractivity contribution in [2.24, 2.45) is 0 Å². The molecule has 7 heteroatoms. The molecule has 0 bridgehead atoms. The average molecular weight is 393 g/mol. The second kappa shape index (κ2) is 8.22. The number of thiophene rings is 1. The van der Waals surface area contributed by atoms with Crippen LogP contribution in [0.1, 0.15) is 17.1 Å². The van der Waals surface area contributed by atoms with Gasteiger partial charge in [0.15, 0.2) is 0 Å². The second-order valence-corrected chi connectivity index (χ2v) is 7.45. The molecular formula is C21H19N3O3S. The summed E-state index contributed by atoms with van der Waals surface area (Å²) in [7, 11) is 0. The van der Waals surface area contributed by atoms with Crippen molar-refractivity contribution in [2.75, 3.05) is 0 Å². The van der Waals surface area contributed by atoms with Crippen molar-refractivity contribution < 1.29 is 9.21 Å². The number of fused-ring (bicyclic) bond motifs is 1. The summed E-state index contributed by atoms with van der Waals surface area (Å²) in [6.07, 6.45) is 3.32. The summed E-state index contributed by atoms with van der Waals surface area (Å²) in [5, 5.41) is 2.55. The first-order valence-electron chi connectivity index (χ1n) is 8.97. The molecule has 6 nitrogen and oxygen atoms in total. The van der Waals surface area contributed by atoms with Crippen molar-refractivity contribution in [1.82, 2.24) is 14.5 Å². The van der Waals surface area contributed by atoms with Crippen LogP contribution in [-0.4, -0.2) is 20.4 Å². The van der Waals surface area contributed by atoms with Crippen LogP contribution < -0.4 is 5.56 Å². The minimum absolute atomic E-state index is 0.0372. The fraction of sp³-hybridized carbons (Fsp3) is 0.190. The first kappa shape index (κ1) is 18.2. The number of furan rings is 1. The zero-order chi connectivity index (χ0) is 19.3. The Labute approximate surface area is 165 Å². The molecule has 0 aliphatic rings. The van der Waals surface area contributed by atoms with E-state index in [1.807, 2.05) is 41.8 Å². The number of benzene rings is 1. The predicted molar refractivity (Wildman–Crippen MR) is 108 cm³/mol. The summed E-state index contributed by atoms with van der Waals surface area (Å²) < 4.78 is 6.90. The van der Waals surface area contributed by atoms with E-state index in [1.54, 1.807) is 34.6 Å². The predicted octanol–water partition coefficient (Wildman–Crippen LogP) is 3.67. The minimum atomic E-state index is -0.130. The minimum Gasteiger partial charge on any atom is -0.467 e. The van der Waals surface area contributed by atoms with Crippen molar-refractivity contribution in [1.29, 1.82) is 0 Å². The van der Waals surface area contributed by atoms with Crippen LogP contribution in [-0.2, 0) is 24.4 Å². The number of rotatable bonds is 7. The Balaban J connectivity index is 1.49. The number of nitrogens with zero attached hydrogens (tertiary/aromatic N) is 3. The molecule has 0 N–H and O–H groups in total. The Morgan fingerprint density at radius 3 is 2.79 bits per heavy atom. The molecule has 0 saturated carbocycles. The van der Waals surface area contributed by atoms with Gasteiger partial charge in [0.05, 0.1) is 36.6 Å². The Morgan fingerprint density at radius 2 is 2.00 bits per heavy atom. The fourth-order valence-electron chi connectivity index (χ4n) is 3.05. The van der Waals surface area contributed by atoms with E-state index in [2.05, 4.69) is 4.98 Å². The van der Waals surface area contributed by atoms with Gasteiger partial charge in [-0.2, -0.15) is 0 Å². The van der Waals surface area contributed by atoms with Crippen LogP contribution in [0.2, 0.25) is 0 Å². The maximum absolute atomic E-state index is 12.9. The zero-order valence-corrected chi connectivity index (χ0v) is 16.0. The van der Waals surface area contributed by atoms with Crippen LogP contribution in [0.15, 0.2) is 75.7 Å². The Morgan fingerprint density at radius 1 is 1.11 bits per heavy atom. The van der Waals surface area contributed by atoms with Gasteiger partial charge in [-0.15, -0.1) is 11.3 Å². The summed E-state index contributed by atoms with van der Waals surface area (Å²) in [5.74, 6) is 0.694. The number of amides is 1. The summed E-state index contributed by atoms with van der Waals surface area (Å²) in [5.41, 5.74) is 0.529. The molecular weight excluding hydrogens is 374 g/mol. The Hall–Kier alpha value is -3.19.